The molecule has 0 saturated heterocycles. The van der Waals surface area contributed by atoms with E-state index in [0.29, 0.717) is 0 Å². The molecule has 1 atom stereocenters. The quantitative estimate of drug-likeness (QED) is 0.896. The van der Waals surface area contributed by atoms with Gasteiger partial charge in [0.2, 0.25) is 0 Å². The number of hydrogen-bond acceptors (Lipinski definition) is 3. The first kappa shape index (κ1) is 14.4. The molecule has 0 heterocycles. The van der Waals surface area contributed by atoms with Crippen LogP contribution in [0, 0.1) is 0 Å². The van der Waals surface area contributed by atoms with E-state index in [1.807, 2.05) is 52.0 Å². The van der Waals surface area contributed by atoms with E-state index in [9.17, 15) is 4.79 Å². The van der Waals surface area contributed by atoms with E-state index in [-0.39, 0.29) is 6.04 Å². The highest BCUT2D eigenvalue weighted by atomic mass is 16.6. The molecule has 0 aliphatic rings. The molecule has 4 nitrogen and oxygen atoms in total. The van der Waals surface area contributed by atoms with Crippen molar-refractivity contribution in [2.75, 3.05) is 7.11 Å². The van der Waals surface area contributed by atoms with Crippen LogP contribution in [0.5, 0.6) is 5.75 Å². The van der Waals surface area contributed by atoms with Crippen LogP contribution in [0.3, 0.4) is 0 Å². The van der Waals surface area contributed by atoms with Crippen LogP contribution in [-0.4, -0.2) is 18.8 Å². The average Bonchev–Trinajstić information content (AvgIpc) is 2.26. The van der Waals surface area contributed by atoms with Gasteiger partial charge in [-0.25, -0.2) is 4.79 Å². The molecule has 1 amide bonds. The summed E-state index contributed by atoms with van der Waals surface area (Å²) in [5.41, 5.74) is 0.519. The van der Waals surface area contributed by atoms with E-state index in [1.165, 1.54) is 0 Å². The van der Waals surface area contributed by atoms with E-state index < -0.39 is 11.7 Å². The molecule has 0 spiro atoms. The summed E-state index contributed by atoms with van der Waals surface area (Å²) in [6, 6.07) is 7.46. The van der Waals surface area contributed by atoms with Gasteiger partial charge in [0.25, 0.3) is 0 Å². The fourth-order valence-electron chi connectivity index (χ4n) is 1.46. The number of hydrogen-bond donors (Lipinski definition) is 1. The van der Waals surface area contributed by atoms with E-state index in [2.05, 4.69) is 5.32 Å². The number of alkyl carbamates (subject to hydrolysis) is 1. The molecule has 0 bridgehead atoms. The highest BCUT2D eigenvalue weighted by molar-refractivity contribution is 5.68. The summed E-state index contributed by atoms with van der Waals surface area (Å²) < 4.78 is 10.3. The van der Waals surface area contributed by atoms with Crippen LogP contribution in [0.1, 0.15) is 39.3 Å². The zero-order valence-corrected chi connectivity index (χ0v) is 11.6. The molecule has 0 aromatic heterocycles. The van der Waals surface area contributed by atoms with Crippen molar-refractivity contribution >= 4 is 6.09 Å². The van der Waals surface area contributed by atoms with Crippen LogP contribution in [0.15, 0.2) is 24.3 Å². The lowest BCUT2D eigenvalue weighted by Crippen LogP contribution is -2.34. The Kier molecular flexibility index (Phi) is 4.59. The molecule has 1 aromatic rings. The number of nitrogens with one attached hydrogen (secondary N) is 1. The van der Waals surface area contributed by atoms with Crippen LogP contribution in [-0.2, 0) is 4.74 Å². The van der Waals surface area contributed by atoms with Crippen LogP contribution in [0.2, 0.25) is 0 Å². The molecule has 1 N–H and O–H groups in total. The number of carbonyl (C=O) groups is 1. The van der Waals surface area contributed by atoms with E-state index in [1.54, 1.807) is 7.11 Å². The third-order valence-corrected chi connectivity index (χ3v) is 2.35. The van der Waals surface area contributed by atoms with Gasteiger partial charge in [0, 0.05) is 0 Å². The number of amides is 1. The zero-order valence-electron chi connectivity index (χ0n) is 11.6. The minimum atomic E-state index is -0.482. The molecule has 0 fully saturated rings. The second kappa shape index (κ2) is 5.76. The highest BCUT2D eigenvalue weighted by Gasteiger charge is 2.18. The van der Waals surface area contributed by atoms with Crippen LogP contribution < -0.4 is 10.1 Å². The monoisotopic (exact) mass is 251 g/mol. The first-order valence-corrected chi connectivity index (χ1v) is 5.95. The molecule has 1 rings (SSSR count). The normalized spacial score (nSPS) is 12.7. The van der Waals surface area contributed by atoms with Gasteiger partial charge in [-0.2, -0.15) is 0 Å². The standard InChI is InChI=1S/C14H21NO3/c1-10(15-13(16)18-14(2,3)4)11-6-8-12(17-5)9-7-11/h6-10H,1-5H3,(H,15,16). The van der Waals surface area contributed by atoms with E-state index in [4.69, 9.17) is 9.47 Å². The lowest BCUT2D eigenvalue weighted by molar-refractivity contribution is 0.0508. The smallest absolute Gasteiger partial charge is 0.408 e. The van der Waals surface area contributed by atoms with Gasteiger partial charge in [-0.05, 0) is 45.4 Å². The molecule has 1 aromatic carbocycles. The number of ether oxygens (including phenoxy) is 2. The van der Waals surface area contributed by atoms with Crippen molar-refractivity contribution < 1.29 is 14.3 Å². The molecule has 0 saturated carbocycles. The first-order valence-electron chi connectivity index (χ1n) is 5.95. The molecule has 4 heteroatoms. The maximum atomic E-state index is 11.6. The van der Waals surface area contributed by atoms with Crippen molar-refractivity contribution in [2.45, 2.75) is 39.3 Å². The Morgan fingerprint density at radius 2 is 1.78 bits per heavy atom. The Morgan fingerprint density at radius 1 is 1.22 bits per heavy atom. The summed E-state index contributed by atoms with van der Waals surface area (Å²) in [5, 5.41) is 2.79. The van der Waals surface area contributed by atoms with Gasteiger partial charge in [-0.3, -0.25) is 0 Å². The van der Waals surface area contributed by atoms with E-state index in [0.717, 1.165) is 11.3 Å². The SMILES string of the molecule is COc1ccc(C(C)NC(=O)OC(C)(C)C)cc1. The lowest BCUT2D eigenvalue weighted by Gasteiger charge is -2.22. The molecular weight excluding hydrogens is 230 g/mol. The van der Waals surface area contributed by atoms with Crippen molar-refractivity contribution in [3.63, 3.8) is 0 Å². The van der Waals surface area contributed by atoms with Gasteiger partial charge in [-0.1, -0.05) is 12.1 Å². The van der Waals surface area contributed by atoms with Crippen molar-refractivity contribution in [3.05, 3.63) is 29.8 Å². The van der Waals surface area contributed by atoms with Crippen LogP contribution >= 0.6 is 0 Å². The Labute approximate surface area is 108 Å². The summed E-state index contributed by atoms with van der Waals surface area (Å²) in [4.78, 5) is 11.6. The average molecular weight is 251 g/mol. The molecule has 0 aliphatic heterocycles. The number of benzene rings is 1. The van der Waals surface area contributed by atoms with Crippen LogP contribution in [0.25, 0.3) is 0 Å². The maximum absolute atomic E-state index is 11.6. The Balaban J connectivity index is 2.59. The van der Waals surface area contributed by atoms with Gasteiger partial charge in [-0.15, -0.1) is 0 Å². The summed E-state index contributed by atoms with van der Waals surface area (Å²) in [6.07, 6.45) is -0.411. The summed E-state index contributed by atoms with van der Waals surface area (Å²) >= 11 is 0. The van der Waals surface area contributed by atoms with Gasteiger partial charge in [0.15, 0.2) is 0 Å². The molecule has 1 unspecified atom stereocenters. The summed E-state index contributed by atoms with van der Waals surface area (Å²) in [5.74, 6) is 0.795. The van der Waals surface area contributed by atoms with Gasteiger partial charge >= 0.3 is 6.09 Å². The minimum Gasteiger partial charge on any atom is -0.497 e. The first-order chi connectivity index (χ1) is 8.31. The molecule has 0 radical (unpaired) electrons. The summed E-state index contributed by atoms with van der Waals surface area (Å²) in [7, 11) is 1.62. The largest absolute Gasteiger partial charge is 0.497 e. The van der Waals surface area contributed by atoms with Crippen molar-refractivity contribution in [1.29, 1.82) is 0 Å². The fourth-order valence-corrected chi connectivity index (χ4v) is 1.46. The topological polar surface area (TPSA) is 47.6 Å². The van der Waals surface area contributed by atoms with Crippen molar-refractivity contribution in [3.8, 4) is 5.75 Å². The Hall–Kier alpha value is -1.71. The Morgan fingerprint density at radius 3 is 2.22 bits per heavy atom. The third kappa shape index (κ3) is 4.65. The number of carbonyl (C=O) groups excluding carboxylic acids is 1. The van der Waals surface area contributed by atoms with Crippen LogP contribution in [0.4, 0.5) is 4.79 Å². The maximum Gasteiger partial charge on any atom is 0.408 e. The predicted molar refractivity (Wildman–Crippen MR) is 70.8 cm³/mol. The second-order valence-corrected chi connectivity index (χ2v) is 5.14. The predicted octanol–water partition coefficient (Wildman–Crippen LogP) is 3.28. The highest BCUT2D eigenvalue weighted by Crippen LogP contribution is 2.17. The third-order valence-electron chi connectivity index (χ3n) is 2.35. The van der Waals surface area contributed by atoms with Crippen molar-refractivity contribution in [2.24, 2.45) is 0 Å². The number of methoxy groups -OCH3 is 1. The van der Waals surface area contributed by atoms with Gasteiger partial charge < -0.3 is 14.8 Å². The summed E-state index contributed by atoms with van der Waals surface area (Å²) in [6.45, 7) is 7.42. The Bertz CT molecular complexity index is 392. The molecule has 100 valence electrons. The van der Waals surface area contributed by atoms with Gasteiger partial charge in [0.1, 0.15) is 11.4 Å². The van der Waals surface area contributed by atoms with Crippen molar-refractivity contribution in [1.82, 2.24) is 5.32 Å². The lowest BCUT2D eigenvalue weighted by atomic mass is 10.1. The molecular formula is C14H21NO3. The van der Waals surface area contributed by atoms with Gasteiger partial charge in [0.05, 0.1) is 13.2 Å². The zero-order chi connectivity index (χ0) is 13.8. The second-order valence-electron chi connectivity index (χ2n) is 5.14. The molecule has 0 aliphatic carbocycles. The minimum absolute atomic E-state index is 0.106. The van der Waals surface area contributed by atoms with E-state index >= 15 is 0 Å². The fraction of sp³-hybridized carbons (Fsp3) is 0.500. The number of rotatable bonds is 3. The molecule has 18 heavy (non-hydrogen) atoms.